The Morgan fingerprint density at radius 2 is 1.71 bits per heavy atom. The second-order valence-corrected chi connectivity index (χ2v) is 5.34. The summed E-state index contributed by atoms with van der Waals surface area (Å²) in [6.45, 7) is 0. The second kappa shape index (κ2) is 4.38. The van der Waals surface area contributed by atoms with Crippen LogP contribution in [0.15, 0.2) is 66.3 Å². The Balaban J connectivity index is 2.12. The molecular formula is C19H14N2. The molecule has 0 radical (unpaired) electrons. The summed E-state index contributed by atoms with van der Waals surface area (Å²) in [5.74, 6) is 0. The van der Waals surface area contributed by atoms with Gasteiger partial charge in [-0.2, -0.15) is 0 Å². The van der Waals surface area contributed by atoms with Gasteiger partial charge < -0.3 is 0 Å². The van der Waals surface area contributed by atoms with E-state index in [1.165, 1.54) is 0 Å². The zero-order chi connectivity index (χ0) is 14.4. The van der Waals surface area contributed by atoms with Crippen molar-refractivity contribution in [2.75, 3.05) is 0 Å². The molecule has 2 nitrogen and oxygen atoms in total. The fourth-order valence-corrected chi connectivity index (χ4v) is 3.17. The highest BCUT2D eigenvalue weighted by Gasteiger charge is 2.27. The van der Waals surface area contributed by atoms with Crippen LogP contribution in [0.4, 0.5) is 0 Å². The fourth-order valence-electron chi connectivity index (χ4n) is 3.17. The average molecular weight is 270 g/mol. The van der Waals surface area contributed by atoms with Gasteiger partial charge in [-0.15, -0.1) is 0 Å². The van der Waals surface area contributed by atoms with Crippen LogP contribution in [0.5, 0.6) is 0 Å². The highest BCUT2D eigenvalue weighted by Crippen LogP contribution is 2.37. The standard InChI is InChI=1S/C19H14N2/c20-18-16-9-3-1-2-8-14(16)15-11-10-12-6-4-5-7-13(12)17(15)19(18)21/h1-7,9-11,20-21H,8H2. The zero-order valence-corrected chi connectivity index (χ0v) is 11.5. The number of rotatable bonds is 0. The van der Waals surface area contributed by atoms with E-state index in [-0.39, 0.29) is 0 Å². The number of nitrogens with one attached hydrogen (secondary N) is 2. The fraction of sp³-hybridized carbons (Fsp3) is 0.0526. The Bertz CT molecular complexity index is 895. The minimum atomic E-state index is 0.326. The number of fused-ring (bicyclic) bond motifs is 4. The van der Waals surface area contributed by atoms with Gasteiger partial charge in [-0.3, -0.25) is 10.8 Å². The van der Waals surface area contributed by atoms with E-state index in [0.717, 1.165) is 39.5 Å². The molecule has 100 valence electrons. The highest BCUT2D eigenvalue weighted by atomic mass is 14.6. The van der Waals surface area contributed by atoms with Crippen LogP contribution in [-0.2, 0) is 0 Å². The second-order valence-electron chi connectivity index (χ2n) is 5.34. The van der Waals surface area contributed by atoms with Crippen LogP contribution < -0.4 is 0 Å². The lowest BCUT2D eigenvalue weighted by Crippen LogP contribution is -2.23. The predicted molar refractivity (Wildman–Crippen MR) is 88.3 cm³/mol. The van der Waals surface area contributed by atoms with Crippen molar-refractivity contribution in [1.29, 1.82) is 10.8 Å². The van der Waals surface area contributed by atoms with E-state index >= 15 is 0 Å². The van der Waals surface area contributed by atoms with E-state index in [1.807, 2.05) is 36.4 Å². The van der Waals surface area contributed by atoms with Crippen molar-refractivity contribution < 1.29 is 0 Å². The topological polar surface area (TPSA) is 47.7 Å². The molecule has 0 atom stereocenters. The maximum atomic E-state index is 8.44. The normalized spacial score (nSPS) is 17.0. The maximum absolute atomic E-state index is 8.44. The first-order valence-corrected chi connectivity index (χ1v) is 7.04. The van der Waals surface area contributed by atoms with Crippen molar-refractivity contribution in [3.05, 3.63) is 77.4 Å². The smallest absolute Gasteiger partial charge is 0.0880 e. The van der Waals surface area contributed by atoms with Gasteiger partial charge in [-0.05, 0) is 28.3 Å². The summed E-state index contributed by atoms with van der Waals surface area (Å²) in [5.41, 5.74) is 4.69. The largest absolute Gasteiger partial charge is 0.298 e. The summed E-state index contributed by atoms with van der Waals surface area (Å²) in [5, 5.41) is 19.0. The molecule has 2 aliphatic carbocycles. The number of allylic oxidation sites excluding steroid dienone is 6. The molecule has 4 rings (SSSR count). The summed E-state index contributed by atoms with van der Waals surface area (Å²) in [6.07, 6.45) is 8.84. The molecule has 0 aliphatic heterocycles. The Hall–Kier alpha value is -2.74. The van der Waals surface area contributed by atoms with Crippen LogP contribution in [0.3, 0.4) is 0 Å². The molecule has 2 aromatic rings. The lowest BCUT2D eigenvalue weighted by Gasteiger charge is -2.24. The van der Waals surface area contributed by atoms with Crippen molar-refractivity contribution in [3.8, 4) is 0 Å². The molecule has 0 saturated carbocycles. The van der Waals surface area contributed by atoms with Crippen LogP contribution in [0.1, 0.15) is 17.5 Å². The van der Waals surface area contributed by atoms with Crippen molar-refractivity contribution >= 4 is 27.8 Å². The predicted octanol–water partition coefficient (Wildman–Crippen LogP) is 4.51. The van der Waals surface area contributed by atoms with E-state index in [4.69, 9.17) is 10.8 Å². The first-order chi connectivity index (χ1) is 10.3. The molecule has 0 spiro atoms. The molecule has 0 amide bonds. The molecular weight excluding hydrogens is 256 g/mol. The first kappa shape index (κ1) is 12.0. The van der Waals surface area contributed by atoms with E-state index < -0.39 is 0 Å². The van der Waals surface area contributed by atoms with Crippen molar-refractivity contribution in [1.82, 2.24) is 0 Å². The Kier molecular flexibility index (Phi) is 2.51. The summed E-state index contributed by atoms with van der Waals surface area (Å²) in [7, 11) is 0. The van der Waals surface area contributed by atoms with E-state index in [2.05, 4.69) is 24.3 Å². The van der Waals surface area contributed by atoms with Gasteiger partial charge in [0, 0.05) is 11.1 Å². The third-order valence-corrected chi connectivity index (χ3v) is 4.18. The van der Waals surface area contributed by atoms with Gasteiger partial charge in [0.1, 0.15) is 0 Å². The van der Waals surface area contributed by atoms with Crippen LogP contribution in [0.25, 0.3) is 16.3 Å². The molecule has 2 aliphatic rings. The van der Waals surface area contributed by atoms with Gasteiger partial charge >= 0.3 is 0 Å². The van der Waals surface area contributed by atoms with Crippen LogP contribution in [-0.4, -0.2) is 11.4 Å². The Morgan fingerprint density at radius 3 is 2.62 bits per heavy atom. The van der Waals surface area contributed by atoms with Gasteiger partial charge in [-0.1, -0.05) is 60.7 Å². The molecule has 0 aromatic heterocycles. The van der Waals surface area contributed by atoms with E-state index in [9.17, 15) is 0 Å². The minimum Gasteiger partial charge on any atom is -0.298 e. The Labute approximate surface area is 123 Å². The molecule has 2 aromatic carbocycles. The third kappa shape index (κ3) is 1.66. The molecule has 2 N–H and O–H groups in total. The van der Waals surface area contributed by atoms with Gasteiger partial charge in [0.05, 0.1) is 11.4 Å². The summed E-state index contributed by atoms with van der Waals surface area (Å²) in [4.78, 5) is 0. The maximum Gasteiger partial charge on any atom is 0.0880 e. The minimum absolute atomic E-state index is 0.326. The van der Waals surface area contributed by atoms with Gasteiger partial charge in [0.25, 0.3) is 0 Å². The lowest BCUT2D eigenvalue weighted by molar-refractivity contribution is 1.35. The average Bonchev–Trinajstić information content (AvgIpc) is 2.77. The quantitative estimate of drug-likeness (QED) is 0.707. The first-order valence-electron chi connectivity index (χ1n) is 7.04. The number of hydrogen-bond donors (Lipinski definition) is 2. The molecule has 0 unspecified atom stereocenters. The lowest BCUT2D eigenvalue weighted by atomic mass is 9.79. The number of hydrogen-bond acceptors (Lipinski definition) is 2. The molecule has 0 bridgehead atoms. The monoisotopic (exact) mass is 270 g/mol. The van der Waals surface area contributed by atoms with E-state index in [1.54, 1.807) is 0 Å². The molecule has 0 heterocycles. The molecule has 21 heavy (non-hydrogen) atoms. The molecule has 2 heteroatoms. The summed E-state index contributed by atoms with van der Waals surface area (Å²) >= 11 is 0. The highest BCUT2D eigenvalue weighted by molar-refractivity contribution is 6.56. The third-order valence-electron chi connectivity index (χ3n) is 4.18. The van der Waals surface area contributed by atoms with Crippen molar-refractivity contribution in [2.45, 2.75) is 6.42 Å². The van der Waals surface area contributed by atoms with Crippen LogP contribution in [0, 0.1) is 10.8 Å². The van der Waals surface area contributed by atoms with Crippen molar-refractivity contribution in [3.63, 3.8) is 0 Å². The van der Waals surface area contributed by atoms with Gasteiger partial charge in [0.15, 0.2) is 0 Å². The summed E-state index contributed by atoms with van der Waals surface area (Å²) < 4.78 is 0. The van der Waals surface area contributed by atoms with Gasteiger partial charge in [-0.25, -0.2) is 0 Å². The number of benzene rings is 2. The summed E-state index contributed by atoms with van der Waals surface area (Å²) in [6, 6.07) is 12.3. The SMILES string of the molecule is N=C1C(=N)c2c(ccc3ccccc23)C2=C1C=CC=CC2. The Morgan fingerprint density at radius 1 is 0.857 bits per heavy atom. The zero-order valence-electron chi connectivity index (χ0n) is 11.5. The van der Waals surface area contributed by atoms with Gasteiger partial charge in [0.2, 0.25) is 0 Å². The van der Waals surface area contributed by atoms with E-state index in [0.29, 0.717) is 11.4 Å². The van der Waals surface area contributed by atoms with Crippen LogP contribution >= 0.6 is 0 Å². The van der Waals surface area contributed by atoms with Crippen molar-refractivity contribution in [2.24, 2.45) is 0 Å². The molecule has 0 fully saturated rings. The van der Waals surface area contributed by atoms with Crippen LogP contribution in [0.2, 0.25) is 0 Å². The molecule has 0 saturated heterocycles.